The van der Waals surface area contributed by atoms with Gasteiger partial charge in [-0.1, -0.05) is 66.7 Å². The summed E-state index contributed by atoms with van der Waals surface area (Å²) in [6.45, 7) is 2.71. The molecule has 0 bridgehead atoms. The molecule has 37 heavy (non-hydrogen) atoms. The van der Waals surface area contributed by atoms with Crippen molar-refractivity contribution in [2.45, 2.75) is 32.2 Å². The summed E-state index contributed by atoms with van der Waals surface area (Å²) in [6.07, 6.45) is 0.952. The number of ether oxygens (including phenoxy) is 2. The fourth-order valence-corrected chi connectivity index (χ4v) is 5.54. The number of carbonyl (C=O) groups is 1. The second-order valence-corrected chi connectivity index (χ2v) is 9.48. The normalized spacial score (nSPS) is 14.7. The summed E-state index contributed by atoms with van der Waals surface area (Å²) in [5, 5.41) is 12.6. The number of anilines is 2. The highest BCUT2D eigenvalue weighted by Gasteiger charge is 2.29. The van der Waals surface area contributed by atoms with Gasteiger partial charge in [-0.15, -0.1) is 0 Å². The molecule has 1 aliphatic rings. The predicted molar refractivity (Wildman–Crippen MR) is 146 cm³/mol. The summed E-state index contributed by atoms with van der Waals surface area (Å²) in [7, 11) is 0. The first kappa shape index (κ1) is 23.0. The fraction of sp³-hybridized carbons (Fsp3) is 0.194. The first-order valence-electron chi connectivity index (χ1n) is 12.6. The Bertz CT molecular complexity index is 1600. The SMILES string of the molecule is CC1Cc2ccccc2N1c1cccc2c(CCCOc3cccc4ccccc34)c(OC(=O)O)[nH]c12. The molecule has 186 valence electrons. The van der Waals surface area contributed by atoms with Gasteiger partial charge in [0.15, 0.2) is 0 Å². The summed E-state index contributed by atoms with van der Waals surface area (Å²) in [6, 6.07) is 29.0. The molecule has 0 saturated heterocycles. The summed E-state index contributed by atoms with van der Waals surface area (Å²) < 4.78 is 11.4. The maximum absolute atomic E-state index is 11.5. The Labute approximate surface area is 215 Å². The lowest BCUT2D eigenvalue weighted by Gasteiger charge is -2.25. The fourth-order valence-electron chi connectivity index (χ4n) is 5.54. The smallest absolute Gasteiger partial charge is 0.493 e. The van der Waals surface area contributed by atoms with Crippen LogP contribution < -0.4 is 14.4 Å². The molecule has 2 N–H and O–H groups in total. The van der Waals surface area contributed by atoms with Crippen molar-refractivity contribution in [3.05, 3.63) is 96.1 Å². The van der Waals surface area contributed by atoms with E-state index in [0.717, 1.165) is 45.1 Å². The summed E-state index contributed by atoms with van der Waals surface area (Å²) in [5.41, 5.74) is 5.24. The molecule has 0 radical (unpaired) electrons. The van der Waals surface area contributed by atoms with Gasteiger partial charge in [0.2, 0.25) is 5.88 Å². The van der Waals surface area contributed by atoms with E-state index in [4.69, 9.17) is 9.47 Å². The van der Waals surface area contributed by atoms with Crippen LogP contribution in [0.3, 0.4) is 0 Å². The van der Waals surface area contributed by atoms with E-state index in [1.165, 1.54) is 11.3 Å². The van der Waals surface area contributed by atoms with E-state index in [-0.39, 0.29) is 11.9 Å². The molecule has 1 aliphatic heterocycles. The topological polar surface area (TPSA) is 74.8 Å². The molecule has 0 amide bonds. The third-order valence-corrected chi connectivity index (χ3v) is 7.11. The van der Waals surface area contributed by atoms with Crippen molar-refractivity contribution in [1.82, 2.24) is 4.98 Å². The zero-order valence-electron chi connectivity index (χ0n) is 20.6. The van der Waals surface area contributed by atoms with Gasteiger partial charge >= 0.3 is 6.16 Å². The third kappa shape index (κ3) is 4.25. The highest BCUT2D eigenvalue weighted by atomic mass is 16.7. The number of rotatable bonds is 7. The van der Waals surface area contributed by atoms with Crippen molar-refractivity contribution >= 4 is 39.2 Å². The molecule has 1 unspecified atom stereocenters. The van der Waals surface area contributed by atoms with E-state index in [9.17, 15) is 9.90 Å². The number of hydrogen-bond acceptors (Lipinski definition) is 4. The standard InChI is InChI=1S/C31H28N2O4/c1-20-19-22-10-3-5-15-26(22)33(20)27-16-7-13-24-25(30(32-29(24)27)37-31(34)35)14-8-18-36-28-17-6-11-21-9-2-4-12-23(21)28/h2-7,9-13,15-17,20,32H,8,14,18-19H2,1H3,(H,34,35). The lowest BCUT2D eigenvalue weighted by molar-refractivity contribution is 0.142. The Morgan fingerprint density at radius 3 is 2.57 bits per heavy atom. The van der Waals surface area contributed by atoms with Crippen LogP contribution >= 0.6 is 0 Å². The molecule has 4 aromatic carbocycles. The first-order chi connectivity index (χ1) is 18.1. The molecule has 1 aromatic heterocycles. The molecule has 5 aromatic rings. The van der Waals surface area contributed by atoms with E-state index in [0.29, 0.717) is 19.4 Å². The van der Waals surface area contributed by atoms with Gasteiger partial charge < -0.3 is 24.5 Å². The van der Waals surface area contributed by atoms with E-state index in [1.807, 2.05) is 36.4 Å². The van der Waals surface area contributed by atoms with Gasteiger partial charge in [-0.2, -0.15) is 0 Å². The largest absolute Gasteiger partial charge is 0.512 e. The maximum atomic E-state index is 11.5. The second kappa shape index (κ2) is 9.54. The van der Waals surface area contributed by atoms with Crippen LogP contribution in [0.2, 0.25) is 0 Å². The molecular weight excluding hydrogens is 464 g/mol. The molecule has 6 heteroatoms. The first-order valence-corrected chi connectivity index (χ1v) is 12.6. The zero-order valence-corrected chi connectivity index (χ0v) is 20.6. The van der Waals surface area contributed by atoms with E-state index in [2.05, 4.69) is 65.3 Å². The zero-order chi connectivity index (χ0) is 25.4. The van der Waals surface area contributed by atoms with Crippen LogP contribution in [-0.2, 0) is 12.8 Å². The average Bonchev–Trinajstić information content (AvgIpc) is 3.42. The van der Waals surface area contributed by atoms with Crippen molar-refractivity contribution in [3.8, 4) is 11.6 Å². The summed E-state index contributed by atoms with van der Waals surface area (Å²) in [4.78, 5) is 17.1. The Morgan fingerprint density at radius 2 is 1.68 bits per heavy atom. The summed E-state index contributed by atoms with van der Waals surface area (Å²) >= 11 is 0. The van der Waals surface area contributed by atoms with Crippen molar-refractivity contribution in [2.75, 3.05) is 11.5 Å². The molecule has 0 fully saturated rings. The van der Waals surface area contributed by atoms with Crippen LogP contribution in [0, 0.1) is 0 Å². The van der Waals surface area contributed by atoms with E-state index >= 15 is 0 Å². The number of carboxylic acid groups (broad SMARTS) is 1. The minimum Gasteiger partial charge on any atom is -0.493 e. The van der Waals surface area contributed by atoms with E-state index in [1.54, 1.807) is 0 Å². The van der Waals surface area contributed by atoms with Crippen LogP contribution in [0.15, 0.2) is 84.9 Å². The number of fused-ring (bicyclic) bond motifs is 3. The molecule has 0 saturated carbocycles. The number of aromatic amines is 1. The number of para-hydroxylation sites is 2. The molecular formula is C31H28N2O4. The number of hydrogen-bond donors (Lipinski definition) is 2. The minimum absolute atomic E-state index is 0.278. The van der Waals surface area contributed by atoms with E-state index < -0.39 is 6.16 Å². The molecule has 1 atom stereocenters. The molecule has 6 rings (SSSR count). The molecule has 0 aliphatic carbocycles. The number of aryl methyl sites for hydroxylation is 1. The number of benzene rings is 4. The predicted octanol–water partition coefficient (Wildman–Crippen LogP) is 7.47. The van der Waals surface area contributed by atoms with Crippen LogP contribution in [0.4, 0.5) is 16.2 Å². The van der Waals surface area contributed by atoms with Crippen LogP contribution in [0.1, 0.15) is 24.5 Å². The summed E-state index contributed by atoms with van der Waals surface area (Å²) in [5.74, 6) is 1.13. The Hall–Kier alpha value is -4.45. The highest BCUT2D eigenvalue weighted by Crippen LogP contribution is 2.43. The molecule has 2 heterocycles. The van der Waals surface area contributed by atoms with Gasteiger partial charge in [0.25, 0.3) is 0 Å². The van der Waals surface area contributed by atoms with Gasteiger partial charge in [0.1, 0.15) is 5.75 Å². The maximum Gasteiger partial charge on any atom is 0.512 e. The van der Waals surface area contributed by atoms with Gasteiger partial charge in [-0.05, 0) is 55.3 Å². The average molecular weight is 493 g/mol. The number of nitrogens with zero attached hydrogens (tertiary/aromatic N) is 1. The van der Waals surface area contributed by atoms with Crippen molar-refractivity contribution < 1.29 is 19.4 Å². The highest BCUT2D eigenvalue weighted by molar-refractivity contribution is 5.98. The Morgan fingerprint density at radius 1 is 0.946 bits per heavy atom. The minimum atomic E-state index is -1.33. The number of H-pyrrole nitrogens is 1. The van der Waals surface area contributed by atoms with Crippen molar-refractivity contribution in [3.63, 3.8) is 0 Å². The van der Waals surface area contributed by atoms with Crippen LogP contribution in [0.5, 0.6) is 11.6 Å². The van der Waals surface area contributed by atoms with Gasteiger partial charge in [-0.3, -0.25) is 0 Å². The van der Waals surface area contributed by atoms with Gasteiger partial charge in [-0.25, -0.2) is 4.79 Å². The molecule has 0 spiro atoms. The monoisotopic (exact) mass is 492 g/mol. The lowest BCUT2D eigenvalue weighted by atomic mass is 10.1. The Balaban J connectivity index is 1.29. The Kier molecular flexibility index (Phi) is 5.93. The number of nitrogens with one attached hydrogen (secondary N) is 1. The van der Waals surface area contributed by atoms with Crippen LogP contribution in [0.25, 0.3) is 21.7 Å². The third-order valence-electron chi connectivity index (χ3n) is 7.11. The van der Waals surface area contributed by atoms with Gasteiger partial charge in [0.05, 0.1) is 17.8 Å². The second-order valence-electron chi connectivity index (χ2n) is 9.48. The van der Waals surface area contributed by atoms with Crippen molar-refractivity contribution in [1.29, 1.82) is 0 Å². The lowest BCUT2D eigenvalue weighted by Crippen LogP contribution is -2.24. The van der Waals surface area contributed by atoms with Crippen LogP contribution in [-0.4, -0.2) is 28.9 Å². The number of aromatic nitrogens is 1. The quantitative estimate of drug-likeness (QED) is 0.182. The van der Waals surface area contributed by atoms with Crippen molar-refractivity contribution in [2.24, 2.45) is 0 Å². The van der Waals surface area contributed by atoms with Gasteiger partial charge in [0, 0.05) is 28.1 Å². The molecule has 6 nitrogen and oxygen atoms in total.